The largest absolute Gasteiger partial charge is 0.329 e. The van der Waals surface area contributed by atoms with E-state index in [1.54, 1.807) is 18.2 Å². The summed E-state index contributed by atoms with van der Waals surface area (Å²) in [5.41, 5.74) is 2.33. The molecule has 1 fully saturated rings. The van der Waals surface area contributed by atoms with Crippen molar-refractivity contribution >= 4 is 27.2 Å². The highest BCUT2D eigenvalue weighted by atomic mass is 32.1. The first-order valence-corrected chi connectivity index (χ1v) is 9.88. The van der Waals surface area contributed by atoms with Gasteiger partial charge in [0, 0.05) is 36.5 Å². The maximum Gasteiger partial charge on any atom is 0.269 e. The summed E-state index contributed by atoms with van der Waals surface area (Å²) in [5.74, 6) is 0.536. The van der Waals surface area contributed by atoms with Crippen LogP contribution in [0.15, 0.2) is 48.5 Å². The summed E-state index contributed by atoms with van der Waals surface area (Å²) in [4.78, 5) is 17.0. The highest BCUT2D eigenvalue weighted by Gasteiger charge is 2.29. The van der Waals surface area contributed by atoms with Crippen LogP contribution in [0.2, 0.25) is 0 Å². The number of fused-ring (bicyclic) bond motifs is 1. The van der Waals surface area contributed by atoms with E-state index in [1.807, 2.05) is 23.5 Å². The minimum absolute atomic E-state index is 0.179. The second-order valence-corrected chi connectivity index (χ2v) is 8.09. The van der Waals surface area contributed by atoms with Crippen LogP contribution in [-0.4, -0.2) is 23.0 Å². The van der Waals surface area contributed by atoms with E-state index >= 15 is 0 Å². The monoisotopic (exact) mass is 368 g/mol. The molecular formula is C20H22N3O2S+. The van der Waals surface area contributed by atoms with Gasteiger partial charge in [0.15, 0.2) is 0 Å². The van der Waals surface area contributed by atoms with Crippen molar-refractivity contribution in [1.82, 2.24) is 4.98 Å². The fraction of sp³-hybridized carbons (Fsp3) is 0.350. The number of rotatable bonds is 4. The molecule has 2 aromatic carbocycles. The van der Waals surface area contributed by atoms with E-state index in [0.29, 0.717) is 5.92 Å². The summed E-state index contributed by atoms with van der Waals surface area (Å²) in [6, 6.07) is 15.7. The quantitative estimate of drug-likeness (QED) is 0.564. The van der Waals surface area contributed by atoms with E-state index in [4.69, 9.17) is 4.98 Å². The average Bonchev–Trinajstić information content (AvgIpc) is 3.12. The maximum absolute atomic E-state index is 11.0. The van der Waals surface area contributed by atoms with Gasteiger partial charge in [0.25, 0.3) is 5.69 Å². The highest BCUT2D eigenvalue weighted by Crippen LogP contribution is 2.32. The number of nitro benzene ring substituents is 1. The minimum Gasteiger partial charge on any atom is -0.329 e. The van der Waals surface area contributed by atoms with Gasteiger partial charge in [-0.05, 0) is 19.1 Å². The Hall–Kier alpha value is -2.31. The predicted octanol–water partition coefficient (Wildman–Crippen LogP) is 3.73. The topological polar surface area (TPSA) is 60.5 Å². The van der Waals surface area contributed by atoms with Crippen molar-refractivity contribution in [2.24, 2.45) is 0 Å². The molecule has 0 aliphatic carbocycles. The van der Waals surface area contributed by atoms with Gasteiger partial charge >= 0.3 is 0 Å². The van der Waals surface area contributed by atoms with Crippen molar-refractivity contribution in [1.29, 1.82) is 0 Å². The summed E-state index contributed by atoms with van der Waals surface area (Å²) in [7, 11) is 0. The first-order chi connectivity index (χ1) is 12.6. The molecule has 0 bridgehead atoms. The number of non-ortho nitro benzene ring substituents is 1. The summed E-state index contributed by atoms with van der Waals surface area (Å²) >= 11 is 1.82. The molecule has 1 N–H and O–H groups in total. The normalized spacial score (nSPS) is 21.6. The number of nitrogens with zero attached hydrogens (tertiary/aromatic N) is 2. The lowest BCUT2D eigenvalue weighted by Gasteiger charge is -2.32. The summed E-state index contributed by atoms with van der Waals surface area (Å²) in [5, 5.41) is 12.3. The van der Waals surface area contributed by atoms with Gasteiger partial charge in [-0.15, -0.1) is 11.3 Å². The molecule has 0 saturated carbocycles. The minimum atomic E-state index is -0.315. The van der Waals surface area contributed by atoms with Crippen LogP contribution >= 0.6 is 11.3 Å². The smallest absolute Gasteiger partial charge is 0.269 e. The van der Waals surface area contributed by atoms with E-state index in [9.17, 15) is 10.1 Å². The molecule has 134 valence electrons. The fourth-order valence-electron chi connectivity index (χ4n) is 3.88. The molecule has 0 amide bonds. The Labute approximate surface area is 156 Å². The van der Waals surface area contributed by atoms with Crippen LogP contribution in [0.1, 0.15) is 42.3 Å². The van der Waals surface area contributed by atoms with E-state index in [2.05, 4.69) is 25.1 Å². The van der Waals surface area contributed by atoms with Gasteiger partial charge in [0.05, 0.1) is 33.2 Å². The Balaban J connectivity index is 1.44. The molecule has 0 radical (unpaired) electrons. The number of aromatic nitrogens is 1. The zero-order chi connectivity index (χ0) is 18.1. The Morgan fingerprint density at radius 3 is 2.69 bits per heavy atom. The number of nitro groups is 1. The van der Waals surface area contributed by atoms with Crippen LogP contribution < -0.4 is 4.90 Å². The molecule has 26 heavy (non-hydrogen) atoms. The van der Waals surface area contributed by atoms with Crippen LogP contribution in [-0.2, 0) is 0 Å². The Morgan fingerprint density at radius 2 is 1.96 bits per heavy atom. The summed E-state index contributed by atoms with van der Waals surface area (Å²) in [6.07, 6.45) is 2.24. The number of hydrogen-bond donors (Lipinski definition) is 1. The Bertz CT molecular complexity index is 898. The van der Waals surface area contributed by atoms with E-state index in [-0.39, 0.29) is 16.7 Å². The molecule has 1 aliphatic rings. The third-order valence-corrected chi connectivity index (χ3v) is 6.68. The van der Waals surface area contributed by atoms with Crippen molar-refractivity contribution in [2.45, 2.75) is 31.7 Å². The molecule has 5 nitrogen and oxygen atoms in total. The van der Waals surface area contributed by atoms with Crippen molar-refractivity contribution in [2.75, 3.05) is 13.1 Å². The van der Waals surface area contributed by atoms with Crippen LogP contribution in [0, 0.1) is 10.1 Å². The molecule has 4 rings (SSSR count). The second kappa shape index (κ2) is 7.13. The number of likely N-dealkylation sites (tertiary alicyclic amines) is 1. The third-order valence-electron chi connectivity index (χ3n) is 5.48. The third kappa shape index (κ3) is 3.34. The highest BCUT2D eigenvalue weighted by molar-refractivity contribution is 7.18. The number of hydrogen-bond acceptors (Lipinski definition) is 4. The van der Waals surface area contributed by atoms with Crippen LogP contribution in [0.3, 0.4) is 0 Å². The second-order valence-electron chi connectivity index (χ2n) is 7.03. The molecule has 1 saturated heterocycles. The molecule has 0 spiro atoms. The lowest BCUT2D eigenvalue weighted by atomic mass is 9.95. The average molecular weight is 368 g/mol. The van der Waals surface area contributed by atoms with E-state index < -0.39 is 0 Å². The predicted molar refractivity (Wildman–Crippen MR) is 104 cm³/mol. The molecule has 6 heteroatoms. The van der Waals surface area contributed by atoms with Crippen molar-refractivity contribution in [3.8, 4) is 0 Å². The van der Waals surface area contributed by atoms with E-state index in [1.165, 1.54) is 14.6 Å². The molecule has 0 unspecified atom stereocenters. The van der Waals surface area contributed by atoms with Gasteiger partial charge in [-0.3, -0.25) is 10.1 Å². The van der Waals surface area contributed by atoms with Gasteiger partial charge in [0.1, 0.15) is 6.04 Å². The van der Waals surface area contributed by atoms with Crippen LogP contribution in [0.25, 0.3) is 10.2 Å². The molecule has 1 aliphatic heterocycles. The summed E-state index contributed by atoms with van der Waals surface area (Å²) in [6.45, 7) is 4.32. The van der Waals surface area contributed by atoms with E-state index in [0.717, 1.165) is 37.0 Å². The Kier molecular flexibility index (Phi) is 4.70. The fourth-order valence-corrected chi connectivity index (χ4v) is 5.01. The van der Waals surface area contributed by atoms with Crippen molar-refractivity contribution in [3.05, 3.63) is 69.2 Å². The zero-order valence-electron chi connectivity index (χ0n) is 14.7. The maximum atomic E-state index is 11.0. The molecular weight excluding hydrogens is 346 g/mol. The van der Waals surface area contributed by atoms with Gasteiger partial charge in [0.2, 0.25) is 0 Å². The van der Waals surface area contributed by atoms with Crippen LogP contribution in [0.5, 0.6) is 0 Å². The standard InChI is InChI=1S/C20H21N3O2S/c1-14(16-5-4-6-17(13-16)23(24)25)22-11-9-15(10-12-22)20-21-18-7-2-3-8-19(18)26-20/h2-8,13-15H,9-12H2,1H3/p+1/t14-/m1/s1. The van der Waals surface area contributed by atoms with Crippen molar-refractivity contribution in [3.63, 3.8) is 0 Å². The van der Waals surface area contributed by atoms with Gasteiger partial charge in [-0.25, -0.2) is 4.98 Å². The lowest BCUT2D eigenvalue weighted by molar-refractivity contribution is -0.934. The number of para-hydroxylation sites is 1. The number of benzene rings is 2. The zero-order valence-corrected chi connectivity index (χ0v) is 15.5. The Morgan fingerprint density at radius 1 is 1.19 bits per heavy atom. The number of nitrogens with one attached hydrogen (secondary N) is 1. The molecule has 3 aromatic rings. The molecule has 1 atom stereocenters. The van der Waals surface area contributed by atoms with Gasteiger partial charge in [-0.1, -0.05) is 24.3 Å². The van der Waals surface area contributed by atoms with Gasteiger partial charge < -0.3 is 4.90 Å². The number of piperidine rings is 1. The van der Waals surface area contributed by atoms with Gasteiger partial charge in [-0.2, -0.15) is 0 Å². The lowest BCUT2D eigenvalue weighted by Crippen LogP contribution is -3.13. The van der Waals surface area contributed by atoms with Crippen molar-refractivity contribution < 1.29 is 9.82 Å². The number of quaternary nitrogens is 1. The SMILES string of the molecule is C[C@H](c1cccc([N+](=O)[O-])c1)[NH+]1CCC(c2nc3ccccc3s2)CC1. The summed E-state index contributed by atoms with van der Waals surface area (Å²) < 4.78 is 1.27. The first kappa shape index (κ1) is 17.1. The molecule has 2 heterocycles. The molecule has 1 aromatic heterocycles. The number of thiazole rings is 1. The first-order valence-electron chi connectivity index (χ1n) is 9.06. The van der Waals surface area contributed by atoms with Crippen LogP contribution in [0.4, 0.5) is 5.69 Å².